The van der Waals surface area contributed by atoms with Gasteiger partial charge in [0, 0.05) is 10.5 Å². The van der Waals surface area contributed by atoms with E-state index in [1.165, 1.54) is 12.1 Å². The minimum Gasteiger partial charge on any atom is -0.506 e. The lowest BCUT2D eigenvalue weighted by Crippen LogP contribution is -2.12. The fraction of sp³-hybridized carbons (Fsp3) is 0. The van der Waals surface area contributed by atoms with Crippen LogP contribution in [0, 0.1) is 10.1 Å². The van der Waals surface area contributed by atoms with Crippen molar-refractivity contribution in [2.24, 2.45) is 0 Å². The topological polar surface area (TPSA) is 92.5 Å². The fourth-order valence-electron chi connectivity index (χ4n) is 1.57. The Morgan fingerprint density at radius 1 is 1.25 bits per heavy atom. The van der Waals surface area contributed by atoms with Gasteiger partial charge in [-0.3, -0.25) is 14.9 Å². The maximum Gasteiger partial charge on any atom is 0.273 e. The maximum atomic E-state index is 12.0. The predicted molar refractivity (Wildman–Crippen MR) is 76.9 cm³/mol. The number of carbonyl (C=O) groups excluding carboxylic acids is 1. The number of halogens is 1. The molecule has 0 radical (unpaired) electrons. The van der Waals surface area contributed by atoms with Gasteiger partial charge in [0.25, 0.3) is 11.6 Å². The van der Waals surface area contributed by atoms with Crippen LogP contribution in [0.4, 0.5) is 11.4 Å². The SMILES string of the molecule is O=C(Nc1ccc([N+](=O)[O-])cc1O)c1ccccc1Br. The average molecular weight is 337 g/mol. The van der Waals surface area contributed by atoms with Gasteiger partial charge < -0.3 is 10.4 Å². The quantitative estimate of drug-likeness (QED) is 0.510. The molecule has 2 aromatic rings. The molecule has 6 nitrogen and oxygen atoms in total. The van der Waals surface area contributed by atoms with Gasteiger partial charge in [-0.05, 0) is 34.1 Å². The summed E-state index contributed by atoms with van der Waals surface area (Å²) in [5.41, 5.74) is 0.253. The molecule has 2 N–H and O–H groups in total. The molecular weight excluding hydrogens is 328 g/mol. The lowest BCUT2D eigenvalue weighted by atomic mass is 10.2. The highest BCUT2D eigenvalue weighted by molar-refractivity contribution is 9.10. The second-order valence-electron chi connectivity index (χ2n) is 3.89. The Hall–Kier alpha value is -2.41. The maximum absolute atomic E-state index is 12.0. The van der Waals surface area contributed by atoms with Gasteiger partial charge in [0.2, 0.25) is 0 Å². The van der Waals surface area contributed by atoms with Crippen LogP contribution in [0.1, 0.15) is 10.4 Å². The highest BCUT2D eigenvalue weighted by Crippen LogP contribution is 2.28. The van der Waals surface area contributed by atoms with Crippen LogP contribution in [0.5, 0.6) is 5.75 Å². The van der Waals surface area contributed by atoms with E-state index in [0.29, 0.717) is 10.0 Å². The van der Waals surface area contributed by atoms with Gasteiger partial charge in [-0.1, -0.05) is 12.1 Å². The Kier molecular flexibility index (Phi) is 3.99. The van der Waals surface area contributed by atoms with Gasteiger partial charge in [0.1, 0.15) is 5.75 Å². The highest BCUT2D eigenvalue weighted by atomic mass is 79.9. The molecule has 2 aromatic carbocycles. The average Bonchev–Trinajstić information content (AvgIpc) is 2.41. The zero-order valence-corrected chi connectivity index (χ0v) is 11.6. The minimum atomic E-state index is -0.626. The lowest BCUT2D eigenvalue weighted by Gasteiger charge is -2.08. The molecule has 0 saturated carbocycles. The zero-order valence-electron chi connectivity index (χ0n) is 10.0. The van der Waals surface area contributed by atoms with E-state index < -0.39 is 10.8 Å². The molecular formula is C13H9BrN2O4. The van der Waals surface area contributed by atoms with E-state index in [0.717, 1.165) is 6.07 Å². The number of non-ortho nitro benzene ring substituents is 1. The molecule has 20 heavy (non-hydrogen) atoms. The third-order valence-corrected chi connectivity index (χ3v) is 3.25. The second kappa shape index (κ2) is 5.70. The van der Waals surface area contributed by atoms with Crippen LogP contribution >= 0.6 is 15.9 Å². The summed E-state index contributed by atoms with van der Waals surface area (Å²) >= 11 is 3.25. The van der Waals surface area contributed by atoms with Crippen LogP contribution in [0.2, 0.25) is 0 Å². The molecule has 0 aliphatic carbocycles. The van der Waals surface area contributed by atoms with E-state index >= 15 is 0 Å². The van der Waals surface area contributed by atoms with Crippen molar-refractivity contribution >= 4 is 33.2 Å². The minimum absolute atomic E-state index is 0.108. The Balaban J connectivity index is 2.25. The Labute approximate surface area is 122 Å². The molecule has 0 atom stereocenters. The molecule has 0 heterocycles. The van der Waals surface area contributed by atoms with Crippen molar-refractivity contribution in [1.29, 1.82) is 0 Å². The third-order valence-electron chi connectivity index (χ3n) is 2.56. The van der Waals surface area contributed by atoms with Gasteiger partial charge in [-0.25, -0.2) is 0 Å². The molecule has 0 fully saturated rings. The standard InChI is InChI=1S/C13H9BrN2O4/c14-10-4-2-1-3-9(10)13(18)15-11-6-5-8(16(19)20)7-12(11)17/h1-7,17H,(H,15,18). The molecule has 102 valence electrons. The van der Waals surface area contributed by atoms with Crippen molar-refractivity contribution in [3.05, 3.63) is 62.6 Å². The third kappa shape index (κ3) is 2.94. The summed E-state index contributed by atoms with van der Waals surface area (Å²) in [6.07, 6.45) is 0. The molecule has 0 saturated heterocycles. The van der Waals surface area contributed by atoms with Gasteiger partial charge in [0.15, 0.2) is 0 Å². The van der Waals surface area contributed by atoms with Gasteiger partial charge in [-0.2, -0.15) is 0 Å². The fourth-order valence-corrected chi connectivity index (χ4v) is 2.04. The van der Waals surface area contributed by atoms with Crippen LogP contribution < -0.4 is 5.32 Å². The number of aromatic hydroxyl groups is 1. The van der Waals surface area contributed by atoms with E-state index in [9.17, 15) is 20.0 Å². The van der Waals surface area contributed by atoms with Crippen molar-refractivity contribution in [3.63, 3.8) is 0 Å². The monoisotopic (exact) mass is 336 g/mol. The zero-order chi connectivity index (χ0) is 14.7. The number of anilines is 1. The molecule has 0 spiro atoms. The first-order chi connectivity index (χ1) is 9.49. The van der Waals surface area contributed by atoms with E-state index in [1.807, 2.05) is 0 Å². The number of hydrogen-bond donors (Lipinski definition) is 2. The number of carbonyl (C=O) groups is 1. The first kappa shape index (κ1) is 14.0. The molecule has 0 bridgehead atoms. The normalized spacial score (nSPS) is 10.1. The summed E-state index contributed by atoms with van der Waals surface area (Å²) in [5, 5.41) is 22.7. The van der Waals surface area contributed by atoms with Crippen molar-refractivity contribution in [3.8, 4) is 5.75 Å². The number of nitro groups is 1. The Morgan fingerprint density at radius 2 is 1.95 bits per heavy atom. The summed E-state index contributed by atoms with van der Waals surface area (Å²) in [6.45, 7) is 0. The number of nitrogens with one attached hydrogen (secondary N) is 1. The number of phenolic OH excluding ortho intramolecular Hbond substituents is 1. The highest BCUT2D eigenvalue weighted by Gasteiger charge is 2.14. The molecule has 0 aliphatic heterocycles. The second-order valence-corrected chi connectivity index (χ2v) is 4.75. The first-order valence-corrected chi connectivity index (χ1v) is 6.31. The Morgan fingerprint density at radius 3 is 2.55 bits per heavy atom. The molecule has 0 aliphatic rings. The smallest absolute Gasteiger partial charge is 0.273 e. The summed E-state index contributed by atoms with van der Waals surface area (Å²) in [7, 11) is 0. The van der Waals surface area contributed by atoms with Crippen molar-refractivity contribution in [2.75, 3.05) is 5.32 Å². The molecule has 2 rings (SSSR count). The van der Waals surface area contributed by atoms with E-state index in [-0.39, 0.29) is 17.1 Å². The van der Waals surface area contributed by atoms with Crippen LogP contribution in [-0.2, 0) is 0 Å². The van der Waals surface area contributed by atoms with E-state index in [1.54, 1.807) is 24.3 Å². The number of amides is 1. The number of rotatable bonds is 3. The summed E-state index contributed by atoms with van der Waals surface area (Å²) in [4.78, 5) is 21.9. The Bertz CT molecular complexity index is 688. The van der Waals surface area contributed by atoms with Crippen LogP contribution in [-0.4, -0.2) is 15.9 Å². The van der Waals surface area contributed by atoms with Crippen molar-refractivity contribution in [1.82, 2.24) is 0 Å². The number of phenols is 1. The molecule has 0 unspecified atom stereocenters. The van der Waals surface area contributed by atoms with Crippen molar-refractivity contribution in [2.45, 2.75) is 0 Å². The van der Waals surface area contributed by atoms with Gasteiger partial charge in [0.05, 0.1) is 22.2 Å². The van der Waals surface area contributed by atoms with Crippen LogP contribution in [0.15, 0.2) is 46.9 Å². The largest absolute Gasteiger partial charge is 0.506 e. The summed E-state index contributed by atoms with van der Waals surface area (Å²) in [6, 6.07) is 10.3. The number of hydrogen-bond acceptors (Lipinski definition) is 4. The molecule has 0 aromatic heterocycles. The van der Waals surface area contributed by atoms with Gasteiger partial charge in [-0.15, -0.1) is 0 Å². The number of nitrogens with zero attached hydrogens (tertiary/aromatic N) is 1. The summed E-state index contributed by atoms with van der Waals surface area (Å²) in [5.74, 6) is -0.791. The summed E-state index contributed by atoms with van der Waals surface area (Å²) < 4.78 is 0.610. The van der Waals surface area contributed by atoms with E-state index in [4.69, 9.17) is 0 Å². The number of benzene rings is 2. The number of nitro benzene ring substituents is 1. The lowest BCUT2D eigenvalue weighted by molar-refractivity contribution is -0.384. The predicted octanol–water partition coefficient (Wildman–Crippen LogP) is 3.32. The van der Waals surface area contributed by atoms with Gasteiger partial charge >= 0.3 is 0 Å². The first-order valence-electron chi connectivity index (χ1n) is 5.52. The van der Waals surface area contributed by atoms with E-state index in [2.05, 4.69) is 21.2 Å². The molecule has 7 heteroatoms. The van der Waals surface area contributed by atoms with Crippen LogP contribution in [0.3, 0.4) is 0 Å². The molecule has 1 amide bonds. The van der Waals surface area contributed by atoms with Crippen LogP contribution in [0.25, 0.3) is 0 Å². The van der Waals surface area contributed by atoms with Crippen molar-refractivity contribution < 1.29 is 14.8 Å².